The third-order valence-electron chi connectivity index (χ3n) is 4.54. The fraction of sp³-hybridized carbons (Fsp3) is 0.0870. The lowest BCUT2D eigenvalue weighted by Crippen LogP contribution is -2.16. The highest BCUT2D eigenvalue weighted by Gasteiger charge is 2.17. The number of carbonyl (C=O) groups is 1. The van der Waals surface area contributed by atoms with Gasteiger partial charge in [-0.25, -0.2) is 13.2 Å². The van der Waals surface area contributed by atoms with Crippen LogP contribution in [0.5, 0.6) is 0 Å². The first-order chi connectivity index (χ1) is 15.5. The van der Waals surface area contributed by atoms with Crippen LogP contribution in [0.15, 0.2) is 78.0 Å². The first-order valence-corrected chi connectivity index (χ1v) is 10.6. The quantitative estimate of drug-likeness (QED) is 0.393. The van der Waals surface area contributed by atoms with Crippen molar-refractivity contribution in [1.29, 1.82) is 0 Å². The van der Waals surface area contributed by atoms with E-state index in [1.54, 1.807) is 12.1 Å². The van der Waals surface area contributed by atoms with Crippen molar-refractivity contribution in [2.45, 2.75) is 11.7 Å². The van der Waals surface area contributed by atoms with Gasteiger partial charge in [-0.2, -0.15) is 0 Å². The monoisotopic (exact) mass is 454 g/mol. The van der Waals surface area contributed by atoms with Crippen LogP contribution in [0.1, 0.15) is 5.56 Å². The Morgan fingerprint density at radius 2 is 1.62 bits per heavy atom. The molecule has 4 aromatic rings. The van der Waals surface area contributed by atoms with Crippen LogP contribution in [0.2, 0.25) is 0 Å². The summed E-state index contributed by atoms with van der Waals surface area (Å²) in [5, 5.41) is 11.3. The van der Waals surface area contributed by atoms with E-state index in [-0.39, 0.29) is 17.3 Å². The zero-order chi connectivity index (χ0) is 22.5. The lowest BCUT2D eigenvalue weighted by Gasteiger charge is -2.11. The van der Waals surface area contributed by atoms with Gasteiger partial charge in [0.15, 0.2) is 11.0 Å². The highest BCUT2D eigenvalue weighted by Crippen LogP contribution is 2.26. The number of hydrogen-bond acceptors (Lipinski definition) is 4. The third kappa shape index (κ3) is 5.17. The number of amides is 1. The molecule has 0 aliphatic carbocycles. The second-order valence-corrected chi connectivity index (χ2v) is 7.79. The molecule has 3 aromatic carbocycles. The Balaban J connectivity index is 1.54. The molecule has 0 fully saturated rings. The van der Waals surface area contributed by atoms with E-state index in [0.717, 1.165) is 29.5 Å². The average molecular weight is 454 g/mol. The summed E-state index contributed by atoms with van der Waals surface area (Å²) < 4.78 is 42.0. The number of nitrogens with zero attached hydrogens (tertiary/aromatic N) is 3. The minimum absolute atomic E-state index is 0.0623. The van der Waals surface area contributed by atoms with E-state index in [2.05, 4.69) is 15.5 Å². The smallest absolute Gasteiger partial charge is 0.234 e. The first kappa shape index (κ1) is 21.6. The molecule has 0 spiro atoms. The predicted molar refractivity (Wildman–Crippen MR) is 117 cm³/mol. The van der Waals surface area contributed by atoms with Gasteiger partial charge in [0, 0.05) is 11.6 Å². The molecule has 5 nitrogen and oxygen atoms in total. The SMILES string of the molecule is O=C(CSc1nnc(-c2ccc(F)cc2)n1Cc1ccccc1)Nc1ccc(F)cc1F. The highest BCUT2D eigenvalue weighted by atomic mass is 32.2. The van der Waals surface area contributed by atoms with Crippen molar-refractivity contribution in [3.63, 3.8) is 0 Å². The number of anilines is 1. The number of aromatic nitrogens is 3. The van der Waals surface area contributed by atoms with Crippen molar-refractivity contribution in [3.05, 3.63) is 95.8 Å². The van der Waals surface area contributed by atoms with Gasteiger partial charge in [0.1, 0.15) is 17.5 Å². The normalized spacial score (nSPS) is 10.8. The maximum absolute atomic E-state index is 13.8. The molecule has 0 radical (unpaired) electrons. The minimum atomic E-state index is -0.853. The molecule has 1 heterocycles. The highest BCUT2D eigenvalue weighted by molar-refractivity contribution is 7.99. The molecule has 162 valence electrons. The molecular formula is C23H17F3N4OS. The number of thioether (sulfide) groups is 1. The first-order valence-electron chi connectivity index (χ1n) is 9.60. The summed E-state index contributed by atoms with van der Waals surface area (Å²) in [4.78, 5) is 12.3. The second-order valence-electron chi connectivity index (χ2n) is 6.85. The summed E-state index contributed by atoms with van der Waals surface area (Å²) in [6.45, 7) is 0.442. The van der Waals surface area contributed by atoms with Crippen LogP contribution in [0, 0.1) is 17.5 Å². The summed E-state index contributed by atoms with van der Waals surface area (Å²) >= 11 is 1.13. The number of nitrogens with one attached hydrogen (secondary N) is 1. The Morgan fingerprint density at radius 3 is 2.34 bits per heavy atom. The molecule has 4 rings (SSSR count). The van der Waals surface area contributed by atoms with Gasteiger partial charge in [-0.1, -0.05) is 42.1 Å². The van der Waals surface area contributed by atoms with Crippen LogP contribution in [0.3, 0.4) is 0 Å². The van der Waals surface area contributed by atoms with E-state index in [9.17, 15) is 18.0 Å². The lowest BCUT2D eigenvalue weighted by molar-refractivity contribution is -0.113. The van der Waals surface area contributed by atoms with Crippen LogP contribution in [0.4, 0.5) is 18.9 Å². The van der Waals surface area contributed by atoms with Gasteiger partial charge in [-0.05, 0) is 42.0 Å². The Labute approximate surface area is 186 Å². The fourth-order valence-electron chi connectivity index (χ4n) is 3.02. The van der Waals surface area contributed by atoms with Crippen molar-refractivity contribution in [2.75, 3.05) is 11.1 Å². The third-order valence-corrected chi connectivity index (χ3v) is 5.51. The Hall–Kier alpha value is -3.59. The molecule has 0 bridgehead atoms. The molecule has 1 amide bonds. The van der Waals surface area contributed by atoms with Gasteiger partial charge in [0.05, 0.1) is 18.0 Å². The zero-order valence-electron chi connectivity index (χ0n) is 16.6. The van der Waals surface area contributed by atoms with Gasteiger partial charge in [0.2, 0.25) is 5.91 Å². The van der Waals surface area contributed by atoms with Crippen molar-refractivity contribution in [1.82, 2.24) is 14.8 Å². The lowest BCUT2D eigenvalue weighted by atomic mass is 10.2. The molecule has 0 atom stereocenters. The molecule has 0 aliphatic heterocycles. The molecule has 9 heteroatoms. The van der Waals surface area contributed by atoms with Gasteiger partial charge < -0.3 is 5.32 Å². The van der Waals surface area contributed by atoms with E-state index < -0.39 is 17.5 Å². The number of hydrogen-bond donors (Lipinski definition) is 1. The summed E-state index contributed by atoms with van der Waals surface area (Å²) in [5.41, 5.74) is 1.57. The summed E-state index contributed by atoms with van der Waals surface area (Å²) in [6, 6.07) is 18.5. The second kappa shape index (κ2) is 9.69. The topological polar surface area (TPSA) is 59.8 Å². The van der Waals surface area contributed by atoms with Crippen LogP contribution in [-0.2, 0) is 11.3 Å². The summed E-state index contributed by atoms with van der Waals surface area (Å²) in [5.74, 6) is -1.94. The number of halogens is 3. The summed E-state index contributed by atoms with van der Waals surface area (Å²) in [7, 11) is 0. The number of carbonyl (C=O) groups excluding carboxylic acids is 1. The molecule has 32 heavy (non-hydrogen) atoms. The van der Waals surface area contributed by atoms with Crippen LogP contribution >= 0.6 is 11.8 Å². The number of benzene rings is 3. The molecule has 0 saturated heterocycles. The van der Waals surface area contributed by atoms with Gasteiger partial charge in [0.25, 0.3) is 0 Å². The van der Waals surface area contributed by atoms with Crippen LogP contribution < -0.4 is 5.32 Å². The van der Waals surface area contributed by atoms with Gasteiger partial charge in [-0.15, -0.1) is 10.2 Å². The molecule has 0 aliphatic rings. The van der Waals surface area contributed by atoms with Crippen LogP contribution in [0.25, 0.3) is 11.4 Å². The number of rotatable bonds is 7. The van der Waals surface area contributed by atoms with Gasteiger partial charge in [-0.3, -0.25) is 9.36 Å². The maximum atomic E-state index is 13.8. The van der Waals surface area contributed by atoms with Crippen molar-refractivity contribution in [2.24, 2.45) is 0 Å². The Kier molecular flexibility index (Phi) is 6.55. The summed E-state index contributed by atoms with van der Waals surface area (Å²) in [6.07, 6.45) is 0. The predicted octanol–water partition coefficient (Wildman–Crippen LogP) is 5.14. The molecule has 1 aromatic heterocycles. The minimum Gasteiger partial charge on any atom is -0.323 e. The Bertz CT molecular complexity index is 1230. The molecule has 0 saturated carbocycles. The maximum Gasteiger partial charge on any atom is 0.234 e. The van der Waals surface area contributed by atoms with E-state index in [1.807, 2.05) is 34.9 Å². The van der Waals surface area contributed by atoms with E-state index in [4.69, 9.17) is 0 Å². The Morgan fingerprint density at radius 1 is 0.906 bits per heavy atom. The van der Waals surface area contributed by atoms with Gasteiger partial charge >= 0.3 is 0 Å². The zero-order valence-corrected chi connectivity index (χ0v) is 17.5. The van der Waals surface area contributed by atoms with Crippen molar-refractivity contribution < 1.29 is 18.0 Å². The molecule has 0 unspecified atom stereocenters. The van der Waals surface area contributed by atoms with Crippen molar-refractivity contribution >= 4 is 23.4 Å². The largest absolute Gasteiger partial charge is 0.323 e. The van der Waals surface area contributed by atoms with Crippen LogP contribution in [-0.4, -0.2) is 26.4 Å². The fourth-order valence-corrected chi connectivity index (χ4v) is 3.76. The van der Waals surface area contributed by atoms with Crippen molar-refractivity contribution in [3.8, 4) is 11.4 Å². The standard InChI is InChI=1S/C23H17F3N4OS/c24-17-8-6-16(7-9-17)22-28-29-23(30(22)13-15-4-2-1-3-5-15)32-14-21(31)27-20-11-10-18(25)12-19(20)26/h1-12H,13-14H2,(H,27,31). The van der Waals surface area contributed by atoms with E-state index in [0.29, 0.717) is 29.2 Å². The average Bonchev–Trinajstić information content (AvgIpc) is 3.18. The molecular weight excluding hydrogens is 437 g/mol. The van der Waals surface area contributed by atoms with E-state index in [1.165, 1.54) is 12.1 Å². The van der Waals surface area contributed by atoms with E-state index >= 15 is 0 Å². The molecule has 1 N–H and O–H groups in total.